The Labute approximate surface area is 129 Å². The molecule has 1 heteroatoms. The highest BCUT2D eigenvalue weighted by atomic mass is 16.5. The number of aryl methyl sites for hydroxylation is 1. The molecular weight excluding hydrogens is 256 g/mol. The molecule has 0 bridgehead atoms. The van der Waals surface area contributed by atoms with Crippen molar-refractivity contribution in [1.29, 1.82) is 0 Å². The monoisotopic (exact) mass is 282 g/mol. The molecule has 0 saturated carbocycles. The first-order chi connectivity index (χ1) is 10.0. The van der Waals surface area contributed by atoms with Gasteiger partial charge in [-0.3, -0.25) is 0 Å². The van der Waals surface area contributed by atoms with E-state index in [0.717, 1.165) is 25.0 Å². The van der Waals surface area contributed by atoms with Crippen LogP contribution in [0.1, 0.15) is 50.3 Å². The lowest BCUT2D eigenvalue weighted by molar-refractivity contribution is 0.0803. The minimum absolute atomic E-state index is 0.0571. The Kier molecular flexibility index (Phi) is 5.06. The van der Waals surface area contributed by atoms with E-state index in [9.17, 15) is 0 Å². The minimum Gasteiger partial charge on any atom is -0.488 e. The predicted octanol–water partition coefficient (Wildman–Crippen LogP) is 5.54. The summed E-state index contributed by atoms with van der Waals surface area (Å²) in [6, 6.07) is 17.2. The highest BCUT2D eigenvalue weighted by Gasteiger charge is 2.21. The Morgan fingerprint density at radius 2 is 1.29 bits per heavy atom. The van der Waals surface area contributed by atoms with Crippen LogP contribution in [0.4, 0.5) is 0 Å². The molecule has 0 aliphatic rings. The second-order valence-corrected chi connectivity index (χ2v) is 6.07. The largest absolute Gasteiger partial charge is 0.488 e. The summed E-state index contributed by atoms with van der Waals surface area (Å²) in [4.78, 5) is 0. The van der Waals surface area contributed by atoms with E-state index in [1.807, 2.05) is 0 Å². The maximum absolute atomic E-state index is 6.12. The van der Waals surface area contributed by atoms with Gasteiger partial charge in [0.15, 0.2) is 0 Å². The topological polar surface area (TPSA) is 9.23 Å². The summed E-state index contributed by atoms with van der Waals surface area (Å²) >= 11 is 0. The summed E-state index contributed by atoms with van der Waals surface area (Å²) in [7, 11) is 0. The van der Waals surface area contributed by atoms with E-state index < -0.39 is 0 Å². The molecule has 112 valence electrons. The van der Waals surface area contributed by atoms with Crippen molar-refractivity contribution in [3.63, 3.8) is 0 Å². The first kappa shape index (κ1) is 15.6. The lowest BCUT2D eigenvalue weighted by Crippen LogP contribution is -2.30. The molecule has 21 heavy (non-hydrogen) atoms. The Balaban J connectivity index is 2.03. The van der Waals surface area contributed by atoms with E-state index in [2.05, 4.69) is 76.2 Å². The molecule has 0 heterocycles. The predicted molar refractivity (Wildman–Crippen MR) is 90.0 cm³/mol. The van der Waals surface area contributed by atoms with Crippen molar-refractivity contribution in [2.75, 3.05) is 0 Å². The minimum atomic E-state index is -0.0571. The van der Waals surface area contributed by atoms with E-state index in [1.54, 1.807) is 0 Å². The van der Waals surface area contributed by atoms with E-state index >= 15 is 0 Å². The molecule has 2 rings (SSSR count). The molecule has 0 radical (unpaired) electrons. The number of hydrogen-bond acceptors (Lipinski definition) is 1. The molecule has 1 nitrogen and oxygen atoms in total. The van der Waals surface area contributed by atoms with Crippen LogP contribution in [0.3, 0.4) is 0 Å². The molecule has 0 fully saturated rings. The Hall–Kier alpha value is -1.76. The average molecular weight is 282 g/mol. The summed E-state index contributed by atoms with van der Waals surface area (Å²) in [6.07, 6.45) is 3.02. The molecule has 0 unspecified atom stereocenters. The van der Waals surface area contributed by atoms with Gasteiger partial charge in [0.25, 0.3) is 0 Å². The first-order valence-electron chi connectivity index (χ1n) is 7.88. The van der Waals surface area contributed by atoms with Gasteiger partial charge in [-0.1, -0.05) is 55.8 Å². The second-order valence-electron chi connectivity index (χ2n) is 6.07. The lowest BCUT2D eigenvalue weighted by Gasteiger charge is -2.28. The summed E-state index contributed by atoms with van der Waals surface area (Å²) in [5.41, 5.74) is 3.92. The molecule has 2 aromatic carbocycles. The van der Waals surface area contributed by atoms with Crippen molar-refractivity contribution in [3.05, 3.63) is 65.2 Å². The van der Waals surface area contributed by atoms with Gasteiger partial charge in [-0.25, -0.2) is 0 Å². The zero-order chi connectivity index (χ0) is 15.3. The quantitative estimate of drug-likeness (QED) is 0.675. The van der Waals surface area contributed by atoms with Gasteiger partial charge in [-0.2, -0.15) is 0 Å². The van der Waals surface area contributed by atoms with Crippen LogP contribution < -0.4 is 4.74 Å². The van der Waals surface area contributed by atoms with Crippen LogP contribution in [0.15, 0.2) is 48.5 Å². The molecule has 0 spiro atoms. The molecule has 0 N–H and O–H groups in total. The Bertz CT molecular complexity index is 547. The highest BCUT2D eigenvalue weighted by molar-refractivity contribution is 5.32. The number of rotatable bonds is 6. The van der Waals surface area contributed by atoms with Gasteiger partial charge < -0.3 is 4.74 Å². The van der Waals surface area contributed by atoms with Crippen molar-refractivity contribution < 1.29 is 4.74 Å². The van der Waals surface area contributed by atoms with Crippen LogP contribution in [-0.2, 0) is 6.42 Å². The molecule has 0 atom stereocenters. The zero-order valence-electron chi connectivity index (χ0n) is 13.6. The van der Waals surface area contributed by atoms with Gasteiger partial charge in [0.05, 0.1) is 0 Å². The molecule has 2 aromatic rings. The average Bonchev–Trinajstić information content (AvgIpc) is 2.51. The van der Waals surface area contributed by atoms with Crippen molar-refractivity contribution in [3.8, 4) is 5.75 Å². The van der Waals surface area contributed by atoms with E-state index in [-0.39, 0.29) is 5.60 Å². The highest BCUT2D eigenvalue weighted by Crippen LogP contribution is 2.24. The van der Waals surface area contributed by atoms with Crippen LogP contribution in [-0.4, -0.2) is 5.60 Å². The Morgan fingerprint density at radius 3 is 1.76 bits per heavy atom. The van der Waals surface area contributed by atoms with E-state index in [4.69, 9.17) is 4.74 Å². The first-order valence-corrected chi connectivity index (χ1v) is 7.88. The fourth-order valence-electron chi connectivity index (χ4n) is 2.30. The molecule has 0 aliphatic carbocycles. The zero-order valence-corrected chi connectivity index (χ0v) is 13.6. The van der Waals surface area contributed by atoms with Gasteiger partial charge in [-0.05, 0) is 56.4 Å². The maximum atomic E-state index is 6.12. The van der Waals surface area contributed by atoms with Crippen LogP contribution in [0.25, 0.3) is 0 Å². The molecule has 0 saturated heterocycles. The smallest absolute Gasteiger partial charge is 0.120 e. The SMILES string of the molecule is CCC(C)(CC)Oc1ccc(Cc2ccc(C)cc2)cc1. The summed E-state index contributed by atoms with van der Waals surface area (Å²) in [5, 5.41) is 0. The molecular formula is C20H26O. The van der Waals surface area contributed by atoms with Crippen LogP contribution in [0.5, 0.6) is 5.75 Å². The van der Waals surface area contributed by atoms with Crippen LogP contribution in [0, 0.1) is 6.92 Å². The van der Waals surface area contributed by atoms with Crippen molar-refractivity contribution >= 4 is 0 Å². The normalized spacial score (nSPS) is 11.4. The van der Waals surface area contributed by atoms with Crippen LogP contribution >= 0.6 is 0 Å². The number of benzene rings is 2. The summed E-state index contributed by atoms with van der Waals surface area (Å²) in [5.74, 6) is 0.967. The van der Waals surface area contributed by atoms with Crippen molar-refractivity contribution in [2.24, 2.45) is 0 Å². The van der Waals surface area contributed by atoms with Gasteiger partial charge in [-0.15, -0.1) is 0 Å². The van der Waals surface area contributed by atoms with Gasteiger partial charge >= 0.3 is 0 Å². The molecule has 0 amide bonds. The van der Waals surface area contributed by atoms with Crippen molar-refractivity contribution in [2.45, 2.75) is 52.6 Å². The molecule has 0 aromatic heterocycles. The van der Waals surface area contributed by atoms with Crippen molar-refractivity contribution in [1.82, 2.24) is 0 Å². The van der Waals surface area contributed by atoms with Gasteiger partial charge in [0.2, 0.25) is 0 Å². The summed E-state index contributed by atoms with van der Waals surface area (Å²) in [6.45, 7) is 8.64. The van der Waals surface area contributed by atoms with E-state index in [0.29, 0.717) is 0 Å². The van der Waals surface area contributed by atoms with Gasteiger partial charge in [0, 0.05) is 0 Å². The van der Waals surface area contributed by atoms with Gasteiger partial charge in [0.1, 0.15) is 11.4 Å². The third-order valence-electron chi connectivity index (χ3n) is 4.31. The standard InChI is InChI=1S/C20H26O/c1-5-20(4,6-2)21-19-13-11-18(12-14-19)15-17-9-7-16(3)8-10-17/h7-14H,5-6,15H2,1-4H3. The molecule has 0 aliphatic heterocycles. The second kappa shape index (κ2) is 6.80. The number of ether oxygens (including phenoxy) is 1. The fourth-order valence-corrected chi connectivity index (χ4v) is 2.30. The van der Waals surface area contributed by atoms with E-state index in [1.165, 1.54) is 16.7 Å². The third kappa shape index (κ3) is 4.35. The number of hydrogen-bond donors (Lipinski definition) is 0. The fraction of sp³-hybridized carbons (Fsp3) is 0.400. The third-order valence-corrected chi connectivity index (χ3v) is 4.31. The Morgan fingerprint density at radius 1 is 0.810 bits per heavy atom. The lowest BCUT2D eigenvalue weighted by atomic mass is 10.00. The summed E-state index contributed by atoms with van der Waals surface area (Å²) < 4.78 is 6.12. The maximum Gasteiger partial charge on any atom is 0.120 e. The van der Waals surface area contributed by atoms with Crippen LogP contribution in [0.2, 0.25) is 0 Å².